The Bertz CT molecular complexity index is 2950. The second-order valence-corrected chi connectivity index (χ2v) is 29.3. The highest BCUT2D eigenvalue weighted by Gasteiger charge is 2.55. The molecule has 48 heteroatoms. The van der Waals surface area contributed by atoms with Gasteiger partial charge in [-0.2, -0.15) is 0 Å². The lowest BCUT2D eigenvalue weighted by atomic mass is 9.96. The first-order valence-electron chi connectivity index (χ1n) is 39.3. The first-order valence-corrected chi connectivity index (χ1v) is 39.3. The number of carbonyl (C=O) groups is 6. The molecule has 36 atom stereocenters. The van der Waals surface area contributed by atoms with Crippen LogP contribution in [0.5, 0.6) is 0 Å². The summed E-state index contributed by atoms with van der Waals surface area (Å²) in [4.78, 5) is 74.9. The van der Waals surface area contributed by atoms with Gasteiger partial charge in [-0.3, -0.25) is 28.8 Å². The number of amides is 5. The normalized spacial score (nSPS) is 39.2. The number of hydrogen-bond acceptors (Lipinski definition) is 43. The molecule has 48 nitrogen and oxygen atoms in total. The van der Waals surface area contributed by atoms with Crippen LogP contribution in [0.25, 0.3) is 0 Å². The van der Waals surface area contributed by atoms with Crippen LogP contribution in [0.4, 0.5) is 0 Å². The minimum atomic E-state index is -1.98. The number of aliphatic hydroxyl groups is 23. The van der Waals surface area contributed by atoms with E-state index >= 15 is 0 Å². The quantitative estimate of drug-likeness (QED) is 0.0252. The van der Waals surface area contributed by atoms with Gasteiger partial charge in [0.2, 0.25) is 29.5 Å². The summed E-state index contributed by atoms with van der Waals surface area (Å²) >= 11 is 0. The second kappa shape index (κ2) is 51.1. The lowest BCUT2D eigenvalue weighted by Crippen LogP contribution is -2.65. The van der Waals surface area contributed by atoms with Gasteiger partial charge in [0, 0.05) is 64.7 Å². The van der Waals surface area contributed by atoms with Crippen LogP contribution in [0, 0.1) is 0 Å². The van der Waals surface area contributed by atoms with Gasteiger partial charge in [-0.05, 0) is 52.4 Å². The third kappa shape index (κ3) is 29.3. The molecule has 5 amide bonds. The molecular weight excluding hydrogens is 1600 g/mol. The van der Waals surface area contributed by atoms with Crippen molar-refractivity contribution in [2.45, 2.75) is 319 Å². The molecule has 7 rings (SSSR count). The largest absolute Gasteiger partial charge is 0.394 e. The third-order valence-electron chi connectivity index (χ3n) is 20.4. The Morgan fingerprint density at radius 3 is 1.03 bits per heavy atom. The van der Waals surface area contributed by atoms with Crippen LogP contribution >= 0.6 is 0 Å². The van der Waals surface area contributed by atoms with Crippen molar-refractivity contribution >= 4 is 35.3 Å². The average Bonchev–Trinajstić information content (AvgIpc) is 0.786. The first kappa shape index (κ1) is 102. The van der Waals surface area contributed by atoms with Crippen LogP contribution in [0.2, 0.25) is 0 Å². The summed E-state index contributed by atoms with van der Waals surface area (Å²) in [5.74, 6) is -2.24. The van der Waals surface area contributed by atoms with Gasteiger partial charge in [0.15, 0.2) is 44.0 Å². The maximum absolute atomic E-state index is 13.5. The summed E-state index contributed by atoms with van der Waals surface area (Å²) < 4.78 is 77.3. The predicted octanol–water partition coefficient (Wildman–Crippen LogP) is -15.0. The molecule has 0 aromatic heterocycles. The molecule has 118 heavy (non-hydrogen) atoms. The van der Waals surface area contributed by atoms with Gasteiger partial charge < -0.3 is 210 Å². The summed E-state index contributed by atoms with van der Waals surface area (Å²) in [7, 11) is 0. The standard InChI is InChI=1S/C41H72N4O25.C29H51NO18/c1-3-42-22(48)6-4-5-7-24(50)45-18(8-9-23(49)43-10-12-63-38-32(58)29(55)25(51)17(2)66-38)37(62)44-11-13-64-40-35(61)36(70-41-34(60)31(57)27(53)20(15-47)68-41)28(54)21(69-40)16-65-39-33(59)30(56)26(52)19(14-46)67-39;1-2-5-13(33)6-3-4-7-17(34)30-8-9-43-28-25(42)26(48-29-24(41)22(39)19(36)15(11-32)46-29)20(37)16(47-28)12-44-27-23(40)21(38)18(35)14(10-31)45-27/h17-21,25-36,38-41,46-47,51-61H,3-16H2,1-2H3,(H,42,48)(H,43,49)(H,44,62)(H,45,50);14-16,18-29,31-32,35-42H,2-12H2,1H3,(H,30,34)/t17-,18-,19+,20+,21+,25+,26+,27+,28+,29+,30-,31-,32-,33-,34-,35-,36-,38+,39-,40-,41+;14-,15-,16-,18-,19-,20-,21+,22+,23+,24+,25+,26+,27+,28+,29-/m01/s1. The van der Waals surface area contributed by atoms with Gasteiger partial charge >= 0.3 is 0 Å². The van der Waals surface area contributed by atoms with Gasteiger partial charge in [0.05, 0.1) is 65.6 Å². The summed E-state index contributed by atoms with van der Waals surface area (Å²) in [6, 6.07) is -1.29. The van der Waals surface area contributed by atoms with E-state index in [0.29, 0.717) is 45.1 Å². The molecule has 7 aliphatic heterocycles. The number of nitrogens with one attached hydrogen (secondary N) is 5. The molecule has 0 aromatic rings. The van der Waals surface area contributed by atoms with E-state index in [1.54, 1.807) is 6.92 Å². The highest BCUT2D eigenvalue weighted by molar-refractivity contribution is 5.88. The zero-order chi connectivity index (χ0) is 87.4. The lowest BCUT2D eigenvalue weighted by molar-refractivity contribution is -0.366. The maximum atomic E-state index is 13.5. The van der Waals surface area contributed by atoms with Crippen molar-refractivity contribution in [1.29, 1.82) is 0 Å². The van der Waals surface area contributed by atoms with Gasteiger partial charge in [-0.15, -0.1) is 0 Å². The van der Waals surface area contributed by atoms with E-state index in [2.05, 4.69) is 26.6 Å². The lowest BCUT2D eigenvalue weighted by Gasteiger charge is -2.46. The van der Waals surface area contributed by atoms with E-state index in [-0.39, 0.29) is 82.5 Å². The average molecular weight is 1720 g/mol. The van der Waals surface area contributed by atoms with Crippen molar-refractivity contribution in [3.8, 4) is 0 Å². The number of Topliss-reactive ketones (excluding diaryl/α,β-unsaturated/α-hetero) is 1. The van der Waals surface area contributed by atoms with Gasteiger partial charge in [-0.1, -0.05) is 6.92 Å². The molecule has 0 unspecified atom stereocenters. The molecule has 7 saturated heterocycles. The van der Waals surface area contributed by atoms with E-state index in [9.17, 15) is 146 Å². The fourth-order valence-corrected chi connectivity index (χ4v) is 13.3. The van der Waals surface area contributed by atoms with Crippen LogP contribution in [0.1, 0.15) is 97.8 Å². The van der Waals surface area contributed by atoms with Gasteiger partial charge in [-0.25, -0.2) is 0 Å². The molecule has 0 spiro atoms. The van der Waals surface area contributed by atoms with Gasteiger partial charge in [0.25, 0.3) is 0 Å². The molecule has 0 radical (unpaired) electrons. The Kier molecular flexibility index (Phi) is 44.3. The van der Waals surface area contributed by atoms with Crippen LogP contribution in [-0.2, 0) is 95.1 Å². The Hall–Kier alpha value is -4.46. The zero-order valence-electron chi connectivity index (χ0n) is 65.4. The maximum Gasteiger partial charge on any atom is 0.242 e. The van der Waals surface area contributed by atoms with E-state index in [0.717, 1.165) is 6.42 Å². The van der Waals surface area contributed by atoms with Crippen molar-refractivity contribution in [2.75, 3.05) is 85.6 Å². The van der Waals surface area contributed by atoms with Crippen molar-refractivity contribution in [2.24, 2.45) is 0 Å². The monoisotopic (exact) mass is 1720 g/mol. The number of carbonyl (C=O) groups excluding carboxylic acids is 6. The van der Waals surface area contributed by atoms with Crippen LogP contribution < -0.4 is 26.6 Å². The SMILES string of the molecule is CCCC(=O)CCCCC(=O)NCCO[C@H]1O[C@H](CO[C@H]2O[C@H](CO)[C@@H](O)[C@H](O)[C@@H]2O)[C@@H](O)[C@H](O[C@H]2O[C@H](CO)[C@@H](O)[C@H](O)[C@@H]2O)[C@@H]1O.CCNC(=O)CCCCC(=O)N[C@@H](CCC(=O)NCCO[C@@H]1O[C@@H](C)[C@@H](O)[C@@H](O)[C@@H]1O)C(=O)NCCO[C@H]1O[C@H](CO[C@H]2O[C@H](CO)[C@@H](O)[C@H](O)[C@@H]2O)[C@@H](O)[C@H](O[C@H]2O[C@H](CO)[C@@H](O)[C@H](O)[C@@H]2O)[C@@H]1O. The van der Waals surface area contributed by atoms with E-state index in [4.69, 9.17) is 66.3 Å². The Balaban J connectivity index is 0.000000393. The number of unbranched alkanes of at least 4 members (excludes halogenated alkanes) is 2. The summed E-state index contributed by atoms with van der Waals surface area (Å²) in [5, 5.41) is 249. The molecule has 0 aromatic carbocycles. The molecule has 686 valence electrons. The minimum Gasteiger partial charge on any atom is -0.394 e. The Labute approximate surface area is 676 Å². The first-order chi connectivity index (χ1) is 56.1. The Morgan fingerprint density at radius 1 is 0.322 bits per heavy atom. The molecule has 0 bridgehead atoms. The summed E-state index contributed by atoms with van der Waals surface area (Å²) in [6.45, 7) is -0.136. The molecule has 7 heterocycles. The number of ketones is 1. The van der Waals surface area contributed by atoms with Crippen LogP contribution in [0.3, 0.4) is 0 Å². The topological polar surface area (TPSA) is 757 Å². The second-order valence-electron chi connectivity index (χ2n) is 29.3. The summed E-state index contributed by atoms with van der Waals surface area (Å²) in [5.41, 5.74) is 0. The summed E-state index contributed by atoms with van der Waals surface area (Å²) in [6.07, 6.45) is -54.7. The minimum absolute atomic E-state index is 0.0208. The molecule has 7 fully saturated rings. The van der Waals surface area contributed by atoms with Gasteiger partial charge in [0.1, 0.15) is 177 Å². The Morgan fingerprint density at radius 2 is 0.644 bits per heavy atom. The van der Waals surface area contributed by atoms with Crippen molar-refractivity contribution < 1.29 is 213 Å². The van der Waals surface area contributed by atoms with E-state index < -0.39 is 285 Å². The number of aliphatic hydroxyl groups excluding tert-OH is 23. The fraction of sp³-hybridized carbons (Fsp3) is 0.914. The van der Waals surface area contributed by atoms with Crippen LogP contribution in [0.15, 0.2) is 0 Å². The molecule has 7 aliphatic rings. The zero-order valence-corrected chi connectivity index (χ0v) is 65.4. The fourth-order valence-electron chi connectivity index (χ4n) is 13.3. The highest BCUT2D eigenvalue weighted by Crippen LogP contribution is 2.34. The van der Waals surface area contributed by atoms with Crippen molar-refractivity contribution in [3.05, 3.63) is 0 Å². The molecule has 28 N–H and O–H groups in total. The van der Waals surface area contributed by atoms with Crippen LogP contribution in [-0.4, -0.2) is 459 Å². The van der Waals surface area contributed by atoms with E-state index in [1.165, 1.54) is 6.92 Å². The molecule has 0 saturated carbocycles. The predicted molar refractivity (Wildman–Crippen MR) is 384 cm³/mol. The third-order valence-corrected chi connectivity index (χ3v) is 20.4. The number of hydrogen-bond donors (Lipinski definition) is 28. The number of ether oxygens (including phenoxy) is 14. The highest BCUT2D eigenvalue weighted by atomic mass is 16.8. The van der Waals surface area contributed by atoms with Crippen molar-refractivity contribution in [3.63, 3.8) is 0 Å². The number of rotatable bonds is 44. The smallest absolute Gasteiger partial charge is 0.242 e. The molecular formula is C70H123N5O43. The molecule has 0 aliphatic carbocycles. The van der Waals surface area contributed by atoms with E-state index in [1.807, 2.05) is 6.92 Å². The van der Waals surface area contributed by atoms with Crippen molar-refractivity contribution in [1.82, 2.24) is 26.6 Å².